The molecule has 2 aromatic heterocycles. The van der Waals surface area contributed by atoms with Gasteiger partial charge in [-0.15, -0.1) is 0 Å². The van der Waals surface area contributed by atoms with Crippen LogP contribution in [0.4, 0.5) is 0 Å². The molecule has 2 heterocycles. The largest absolute Gasteiger partial charge is 0.487 e. The van der Waals surface area contributed by atoms with E-state index in [-0.39, 0.29) is 18.4 Å². The van der Waals surface area contributed by atoms with Crippen molar-refractivity contribution in [2.45, 2.75) is 47.8 Å². The summed E-state index contributed by atoms with van der Waals surface area (Å²) >= 11 is 6.62. The van der Waals surface area contributed by atoms with Gasteiger partial charge in [0.05, 0.1) is 5.02 Å². The van der Waals surface area contributed by atoms with E-state index >= 15 is 0 Å². The molecule has 0 aliphatic rings. The first-order valence-electron chi connectivity index (χ1n) is 13.0. The van der Waals surface area contributed by atoms with Crippen molar-refractivity contribution in [1.82, 2.24) is 19.8 Å². The quantitative estimate of drug-likeness (QED) is 0.250. The molecule has 1 aromatic carbocycles. The Kier molecular flexibility index (Phi) is 9.92. The fraction of sp³-hybridized carbons (Fsp3) is 0.387. The molecular weight excluding hydrogens is 496 g/mol. The number of rotatable bonds is 11. The predicted molar refractivity (Wildman–Crippen MR) is 157 cm³/mol. The van der Waals surface area contributed by atoms with E-state index < -0.39 is 0 Å². The first kappa shape index (κ1) is 29.2. The lowest BCUT2D eigenvalue weighted by Gasteiger charge is -2.27. The SMILES string of the molecule is C=C/C=C(/c1cc(C)nc2c(OCc3c(Cl)cncc3CN(CC(C)C)C(=O)C(C)C)cccc12)N(C)C. The van der Waals surface area contributed by atoms with Crippen LogP contribution in [0.25, 0.3) is 16.6 Å². The zero-order chi connectivity index (χ0) is 28.0. The number of carbonyl (C=O) groups excluding carboxylic acids is 1. The van der Waals surface area contributed by atoms with E-state index in [9.17, 15) is 4.79 Å². The molecule has 0 aliphatic heterocycles. The van der Waals surface area contributed by atoms with Gasteiger partial charge in [0.25, 0.3) is 0 Å². The Morgan fingerprint density at radius 2 is 1.92 bits per heavy atom. The number of para-hydroxylation sites is 1. The smallest absolute Gasteiger partial charge is 0.225 e. The summed E-state index contributed by atoms with van der Waals surface area (Å²) in [5, 5.41) is 1.50. The third kappa shape index (κ3) is 6.93. The fourth-order valence-corrected chi connectivity index (χ4v) is 4.70. The first-order chi connectivity index (χ1) is 18.0. The molecule has 6 nitrogen and oxygen atoms in total. The van der Waals surface area contributed by atoms with E-state index in [4.69, 9.17) is 21.3 Å². The number of carbonyl (C=O) groups is 1. The van der Waals surface area contributed by atoms with Gasteiger partial charge in [0.1, 0.15) is 17.9 Å². The number of hydrogen-bond donors (Lipinski definition) is 0. The molecule has 0 bridgehead atoms. The zero-order valence-electron chi connectivity index (χ0n) is 23.6. The van der Waals surface area contributed by atoms with E-state index in [1.54, 1.807) is 18.5 Å². The number of benzene rings is 1. The molecule has 0 spiro atoms. The van der Waals surface area contributed by atoms with E-state index in [1.807, 2.05) is 58.0 Å². The number of hydrogen-bond acceptors (Lipinski definition) is 5. The van der Waals surface area contributed by atoms with Gasteiger partial charge in [-0.05, 0) is 36.6 Å². The molecule has 0 unspecified atom stereocenters. The second-order valence-corrected chi connectivity index (χ2v) is 10.9. The molecule has 3 aromatic rings. The molecule has 0 atom stereocenters. The Morgan fingerprint density at radius 3 is 2.55 bits per heavy atom. The molecule has 202 valence electrons. The minimum Gasteiger partial charge on any atom is -0.487 e. The molecule has 7 heteroatoms. The van der Waals surface area contributed by atoms with E-state index in [2.05, 4.69) is 42.4 Å². The number of halogens is 1. The van der Waals surface area contributed by atoms with Gasteiger partial charge >= 0.3 is 0 Å². The Bertz CT molecular complexity index is 1330. The van der Waals surface area contributed by atoms with E-state index in [1.165, 1.54) is 0 Å². The maximum absolute atomic E-state index is 12.9. The molecule has 0 aliphatic carbocycles. The summed E-state index contributed by atoms with van der Waals surface area (Å²) in [6.45, 7) is 15.2. The lowest BCUT2D eigenvalue weighted by Crippen LogP contribution is -2.36. The van der Waals surface area contributed by atoms with Crippen molar-refractivity contribution < 1.29 is 9.53 Å². The second kappa shape index (κ2) is 12.9. The Labute approximate surface area is 232 Å². The number of nitrogens with zero attached hydrogens (tertiary/aromatic N) is 4. The van der Waals surface area contributed by atoms with Crippen molar-refractivity contribution in [2.24, 2.45) is 11.8 Å². The van der Waals surface area contributed by atoms with Crippen LogP contribution >= 0.6 is 11.6 Å². The molecule has 0 fully saturated rings. The van der Waals surface area contributed by atoms with Crippen LogP contribution < -0.4 is 4.74 Å². The average Bonchev–Trinajstić information content (AvgIpc) is 2.85. The molecule has 0 radical (unpaired) electrons. The molecule has 1 amide bonds. The molecule has 3 rings (SSSR count). The summed E-state index contributed by atoms with van der Waals surface area (Å²) in [4.78, 5) is 26.0. The van der Waals surface area contributed by atoms with Crippen LogP contribution in [0.15, 0.2) is 55.4 Å². The number of aryl methyl sites for hydroxylation is 1. The minimum atomic E-state index is -0.0954. The Balaban J connectivity index is 1.99. The standard InChI is InChI=1S/C31H39ClN4O2/c1-9-11-28(35(7)8)25-14-22(6)34-30-24(25)12-10-13-29(30)38-19-26-23(15-33-16-27(26)32)18-36(17-20(2)3)31(37)21(4)5/h9-16,20-21H,1,17-19H2,2-8H3/b28-11-. The third-order valence-electron chi connectivity index (χ3n) is 6.18. The van der Waals surface area contributed by atoms with Gasteiger partial charge < -0.3 is 14.5 Å². The lowest BCUT2D eigenvalue weighted by molar-refractivity contribution is -0.135. The number of amides is 1. The van der Waals surface area contributed by atoms with E-state index in [0.717, 1.165) is 39.0 Å². The molecule has 0 saturated carbocycles. The van der Waals surface area contributed by atoms with Crippen LogP contribution in [0, 0.1) is 18.8 Å². The van der Waals surface area contributed by atoms with Gasteiger partial charge in [-0.2, -0.15) is 0 Å². The highest BCUT2D eigenvalue weighted by Gasteiger charge is 2.21. The van der Waals surface area contributed by atoms with Crippen molar-refractivity contribution in [1.29, 1.82) is 0 Å². The second-order valence-electron chi connectivity index (χ2n) is 10.5. The summed E-state index contributed by atoms with van der Waals surface area (Å²) in [6.07, 6.45) is 7.18. The highest BCUT2D eigenvalue weighted by atomic mass is 35.5. The number of fused-ring (bicyclic) bond motifs is 1. The molecule has 38 heavy (non-hydrogen) atoms. The molecule has 0 N–H and O–H groups in total. The summed E-state index contributed by atoms with van der Waals surface area (Å²) in [5.41, 5.74) is 5.45. The third-order valence-corrected chi connectivity index (χ3v) is 6.51. The number of aromatic nitrogens is 2. The lowest BCUT2D eigenvalue weighted by atomic mass is 10.0. The van der Waals surface area contributed by atoms with Crippen LogP contribution in [0.5, 0.6) is 5.75 Å². The van der Waals surface area contributed by atoms with Gasteiger partial charge in [0.15, 0.2) is 0 Å². The first-order valence-corrected chi connectivity index (χ1v) is 13.3. The fourth-order valence-electron chi connectivity index (χ4n) is 4.46. The van der Waals surface area contributed by atoms with Crippen LogP contribution in [-0.4, -0.2) is 46.3 Å². The Hall–Kier alpha value is -3.38. The Morgan fingerprint density at radius 1 is 1.18 bits per heavy atom. The predicted octanol–water partition coefficient (Wildman–Crippen LogP) is 6.90. The van der Waals surface area contributed by atoms with Gasteiger partial charge in [0, 0.05) is 73.4 Å². The van der Waals surface area contributed by atoms with Crippen LogP contribution in [0.2, 0.25) is 5.02 Å². The van der Waals surface area contributed by atoms with Crippen LogP contribution in [0.1, 0.15) is 50.1 Å². The molecule has 0 saturated heterocycles. The maximum atomic E-state index is 12.9. The van der Waals surface area contributed by atoms with Gasteiger partial charge in [-0.3, -0.25) is 9.78 Å². The summed E-state index contributed by atoms with van der Waals surface area (Å²) in [6, 6.07) is 8.03. The van der Waals surface area contributed by atoms with Crippen LogP contribution in [-0.2, 0) is 17.9 Å². The summed E-state index contributed by atoms with van der Waals surface area (Å²) in [7, 11) is 4.02. The summed E-state index contributed by atoms with van der Waals surface area (Å²) in [5.74, 6) is 1.02. The minimum absolute atomic E-state index is 0.0954. The maximum Gasteiger partial charge on any atom is 0.225 e. The van der Waals surface area contributed by atoms with Gasteiger partial charge in [0.2, 0.25) is 5.91 Å². The normalized spacial score (nSPS) is 11.8. The van der Waals surface area contributed by atoms with Crippen molar-refractivity contribution in [3.63, 3.8) is 0 Å². The zero-order valence-corrected chi connectivity index (χ0v) is 24.3. The van der Waals surface area contributed by atoms with Crippen molar-refractivity contribution >= 4 is 34.1 Å². The highest BCUT2D eigenvalue weighted by molar-refractivity contribution is 6.31. The van der Waals surface area contributed by atoms with Crippen molar-refractivity contribution in [3.8, 4) is 5.75 Å². The van der Waals surface area contributed by atoms with Gasteiger partial charge in [-0.25, -0.2) is 4.98 Å². The summed E-state index contributed by atoms with van der Waals surface area (Å²) < 4.78 is 6.38. The monoisotopic (exact) mass is 534 g/mol. The van der Waals surface area contributed by atoms with Crippen molar-refractivity contribution in [2.75, 3.05) is 20.6 Å². The van der Waals surface area contributed by atoms with Gasteiger partial charge in [-0.1, -0.05) is 64.1 Å². The number of allylic oxidation sites excluding steroid dienone is 2. The topological polar surface area (TPSA) is 58.6 Å². The average molecular weight is 535 g/mol. The highest BCUT2D eigenvalue weighted by Crippen LogP contribution is 2.33. The van der Waals surface area contributed by atoms with Crippen LogP contribution in [0.3, 0.4) is 0 Å². The van der Waals surface area contributed by atoms with Crippen molar-refractivity contribution in [3.05, 3.63) is 82.8 Å². The van der Waals surface area contributed by atoms with E-state index in [0.29, 0.717) is 29.8 Å². The number of pyridine rings is 2. The number of ether oxygens (including phenoxy) is 1. The molecular formula is C31H39ClN4O2.